The lowest BCUT2D eigenvalue weighted by atomic mass is 9.85. The minimum atomic E-state index is -0.303. The number of rotatable bonds is 4. The van der Waals surface area contributed by atoms with Crippen molar-refractivity contribution in [3.8, 4) is 0 Å². The monoisotopic (exact) mass is 377 g/mol. The van der Waals surface area contributed by atoms with Crippen molar-refractivity contribution in [1.82, 2.24) is 10.2 Å². The molecule has 1 aromatic carbocycles. The van der Waals surface area contributed by atoms with E-state index in [-0.39, 0.29) is 41.5 Å². The highest BCUT2D eigenvalue weighted by molar-refractivity contribution is 5.85. The van der Waals surface area contributed by atoms with Crippen LogP contribution in [0, 0.1) is 16.0 Å². The Labute approximate surface area is 154 Å². The number of ether oxygens (including phenoxy) is 1. The summed E-state index contributed by atoms with van der Waals surface area (Å²) in [6, 6.07) is 7.42. The summed E-state index contributed by atoms with van der Waals surface area (Å²) in [4.78, 5) is 13.3. The van der Waals surface area contributed by atoms with Crippen molar-refractivity contribution < 1.29 is 9.66 Å². The van der Waals surface area contributed by atoms with Crippen LogP contribution in [-0.2, 0) is 4.74 Å². The molecule has 0 amide bonds. The van der Waals surface area contributed by atoms with Gasteiger partial charge in [0.2, 0.25) is 0 Å². The van der Waals surface area contributed by atoms with Crippen LogP contribution in [0.15, 0.2) is 24.3 Å². The van der Waals surface area contributed by atoms with Crippen molar-refractivity contribution in [3.63, 3.8) is 0 Å². The van der Waals surface area contributed by atoms with E-state index in [4.69, 9.17) is 4.74 Å². The van der Waals surface area contributed by atoms with E-state index >= 15 is 0 Å². The molecule has 3 rings (SSSR count). The Hall–Kier alpha value is -0.920. The van der Waals surface area contributed by atoms with Crippen molar-refractivity contribution in [2.75, 3.05) is 39.4 Å². The quantitative estimate of drug-likeness (QED) is 0.645. The molecule has 2 heterocycles. The van der Waals surface area contributed by atoms with E-state index in [0.29, 0.717) is 5.92 Å². The fourth-order valence-electron chi connectivity index (χ4n) is 3.60. The molecule has 8 heteroatoms. The molecule has 2 aliphatic heterocycles. The van der Waals surface area contributed by atoms with Crippen LogP contribution in [0.3, 0.4) is 0 Å². The number of nitrogens with one attached hydrogen (secondary N) is 1. The first-order valence-electron chi connectivity index (χ1n) is 8.02. The molecule has 0 radical (unpaired) electrons. The molecule has 0 saturated carbocycles. The molecular weight excluding hydrogens is 353 g/mol. The fourth-order valence-corrected chi connectivity index (χ4v) is 3.60. The summed E-state index contributed by atoms with van der Waals surface area (Å²) in [6.07, 6.45) is 2.05. The molecule has 2 saturated heterocycles. The van der Waals surface area contributed by atoms with Crippen LogP contribution in [-0.4, -0.2) is 49.2 Å². The minimum Gasteiger partial charge on any atom is -0.381 e. The van der Waals surface area contributed by atoms with Gasteiger partial charge in [-0.25, -0.2) is 0 Å². The van der Waals surface area contributed by atoms with Crippen LogP contribution in [0.2, 0.25) is 0 Å². The van der Waals surface area contributed by atoms with Gasteiger partial charge in [-0.15, -0.1) is 24.8 Å². The van der Waals surface area contributed by atoms with Gasteiger partial charge in [0.25, 0.3) is 5.69 Å². The standard InChI is InChI=1S/C16H23N3O3.2ClH/c20-19(21)15-3-1-2-14(12-15)16(13-4-10-22-11-5-13)18-8-6-17-7-9-18;;/h1-3,12-13,16-17H,4-11H2;2*1H/t16-;;/m0../s1. The van der Waals surface area contributed by atoms with E-state index in [1.165, 1.54) is 0 Å². The van der Waals surface area contributed by atoms with Crippen LogP contribution in [0.5, 0.6) is 0 Å². The predicted molar refractivity (Wildman–Crippen MR) is 98.3 cm³/mol. The van der Waals surface area contributed by atoms with Crippen LogP contribution in [0.4, 0.5) is 5.69 Å². The molecule has 0 unspecified atom stereocenters. The average Bonchev–Trinajstić information content (AvgIpc) is 2.57. The molecule has 1 atom stereocenters. The van der Waals surface area contributed by atoms with Gasteiger partial charge in [0, 0.05) is 57.6 Å². The lowest BCUT2D eigenvalue weighted by Crippen LogP contribution is -2.47. The molecular formula is C16H25Cl2N3O3. The maximum absolute atomic E-state index is 11.1. The van der Waals surface area contributed by atoms with Gasteiger partial charge >= 0.3 is 0 Å². The largest absolute Gasteiger partial charge is 0.381 e. The maximum atomic E-state index is 11.1. The normalized spacial score (nSPS) is 20.5. The van der Waals surface area contributed by atoms with Gasteiger partial charge in [-0.05, 0) is 24.3 Å². The van der Waals surface area contributed by atoms with E-state index in [1.807, 2.05) is 12.1 Å². The summed E-state index contributed by atoms with van der Waals surface area (Å²) in [7, 11) is 0. The number of hydrogen-bond acceptors (Lipinski definition) is 5. The molecule has 0 aromatic heterocycles. The Morgan fingerprint density at radius 1 is 1.21 bits per heavy atom. The molecule has 1 aromatic rings. The van der Waals surface area contributed by atoms with Gasteiger partial charge in [0.15, 0.2) is 0 Å². The number of halogens is 2. The van der Waals surface area contributed by atoms with Gasteiger partial charge in [-0.3, -0.25) is 15.0 Å². The lowest BCUT2D eigenvalue weighted by molar-refractivity contribution is -0.385. The smallest absolute Gasteiger partial charge is 0.269 e. The first kappa shape index (κ1) is 21.1. The first-order valence-corrected chi connectivity index (χ1v) is 8.02. The Morgan fingerprint density at radius 2 is 1.88 bits per heavy atom. The topological polar surface area (TPSA) is 67.6 Å². The number of nitro benzene ring substituents is 1. The Balaban J connectivity index is 0.00000144. The van der Waals surface area contributed by atoms with Gasteiger partial charge in [0.1, 0.15) is 0 Å². The highest BCUT2D eigenvalue weighted by Gasteiger charge is 2.31. The van der Waals surface area contributed by atoms with Gasteiger partial charge in [0.05, 0.1) is 4.92 Å². The number of nitrogens with zero attached hydrogens (tertiary/aromatic N) is 2. The van der Waals surface area contributed by atoms with Gasteiger partial charge in [-0.2, -0.15) is 0 Å². The van der Waals surface area contributed by atoms with Crippen molar-refractivity contribution in [2.45, 2.75) is 18.9 Å². The second kappa shape index (κ2) is 10.2. The summed E-state index contributed by atoms with van der Waals surface area (Å²) in [5.41, 5.74) is 1.26. The molecule has 0 spiro atoms. The maximum Gasteiger partial charge on any atom is 0.269 e. The van der Waals surface area contributed by atoms with E-state index < -0.39 is 0 Å². The summed E-state index contributed by atoms with van der Waals surface area (Å²) < 4.78 is 5.50. The Bertz CT molecular complexity index is 503. The summed E-state index contributed by atoms with van der Waals surface area (Å²) in [5, 5.41) is 14.5. The van der Waals surface area contributed by atoms with E-state index in [1.54, 1.807) is 12.1 Å². The molecule has 6 nitrogen and oxygen atoms in total. The van der Waals surface area contributed by atoms with Crippen molar-refractivity contribution in [3.05, 3.63) is 39.9 Å². The molecule has 136 valence electrons. The number of benzene rings is 1. The molecule has 2 aliphatic rings. The van der Waals surface area contributed by atoms with E-state index in [0.717, 1.165) is 57.8 Å². The van der Waals surface area contributed by atoms with Gasteiger partial charge < -0.3 is 10.1 Å². The summed E-state index contributed by atoms with van der Waals surface area (Å²) in [5.74, 6) is 0.508. The SMILES string of the molecule is Cl.Cl.O=[N+]([O-])c1cccc([C@H](C2CCOCC2)N2CCNCC2)c1. The highest BCUT2D eigenvalue weighted by Crippen LogP contribution is 2.36. The van der Waals surface area contributed by atoms with Crippen LogP contribution in [0.1, 0.15) is 24.4 Å². The molecule has 0 bridgehead atoms. The number of nitro groups is 1. The third-order valence-corrected chi connectivity index (χ3v) is 4.68. The lowest BCUT2D eigenvalue weighted by Gasteiger charge is -2.41. The van der Waals surface area contributed by atoms with E-state index in [9.17, 15) is 10.1 Å². The van der Waals surface area contributed by atoms with E-state index in [2.05, 4.69) is 10.2 Å². The first-order chi connectivity index (χ1) is 10.8. The zero-order valence-electron chi connectivity index (χ0n) is 13.6. The zero-order chi connectivity index (χ0) is 15.4. The third kappa shape index (κ3) is 5.04. The number of non-ortho nitro benzene ring substituents is 1. The van der Waals surface area contributed by atoms with Crippen molar-refractivity contribution >= 4 is 30.5 Å². The summed E-state index contributed by atoms with van der Waals surface area (Å²) in [6.45, 7) is 5.53. The second-order valence-electron chi connectivity index (χ2n) is 6.03. The predicted octanol–water partition coefficient (Wildman–Crippen LogP) is 2.81. The average molecular weight is 378 g/mol. The van der Waals surface area contributed by atoms with Crippen LogP contribution in [0.25, 0.3) is 0 Å². The van der Waals surface area contributed by atoms with Crippen molar-refractivity contribution in [2.24, 2.45) is 5.92 Å². The summed E-state index contributed by atoms with van der Waals surface area (Å²) >= 11 is 0. The number of hydrogen-bond donors (Lipinski definition) is 1. The highest BCUT2D eigenvalue weighted by atomic mass is 35.5. The number of piperazine rings is 1. The van der Waals surface area contributed by atoms with Crippen LogP contribution < -0.4 is 5.32 Å². The molecule has 1 N–H and O–H groups in total. The Morgan fingerprint density at radius 3 is 2.50 bits per heavy atom. The third-order valence-electron chi connectivity index (χ3n) is 4.68. The zero-order valence-corrected chi connectivity index (χ0v) is 15.2. The molecule has 24 heavy (non-hydrogen) atoms. The Kier molecular flexibility index (Phi) is 8.94. The molecule has 2 fully saturated rings. The van der Waals surface area contributed by atoms with Crippen LogP contribution >= 0.6 is 24.8 Å². The van der Waals surface area contributed by atoms with Gasteiger partial charge in [-0.1, -0.05) is 12.1 Å². The van der Waals surface area contributed by atoms with Crippen molar-refractivity contribution in [1.29, 1.82) is 0 Å². The molecule has 0 aliphatic carbocycles. The minimum absolute atomic E-state index is 0. The second-order valence-corrected chi connectivity index (χ2v) is 6.03. The fraction of sp³-hybridized carbons (Fsp3) is 0.625.